The van der Waals surface area contributed by atoms with Crippen molar-refractivity contribution in [1.82, 2.24) is 4.90 Å². The summed E-state index contributed by atoms with van der Waals surface area (Å²) in [6.07, 6.45) is 5.07. The molecule has 3 aromatic rings. The Labute approximate surface area is 238 Å². The lowest BCUT2D eigenvalue weighted by Crippen LogP contribution is -2.57. The van der Waals surface area contributed by atoms with Crippen molar-refractivity contribution in [2.45, 2.75) is 68.0 Å². The van der Waals surface area contributed by atoms with Gasteiger partial charge in [0.1, 0.15) is 17.1 Å². The zero-order valence-corrected chi connectivity index (χ0v) is 24.4. The normalized spacial score (nSPS) is 22.6. The second-order valence-corrected chi connectivity index (χ2v) is 12.8. The number of aliphatic hydroxyl groups is 1. The van der Waals surface area contributed by atoms with Crippen LogP contribution in [0.5, 0.6) is 11.5 Å². The van der Waals surface area contributed by atoms with Gasteiger partial charge in [-0.05, 0) is 80.1 Å². The zero-order valence-electron chi connectivity index (χ0n) is 23.6. The largest absolute Gasteiger partial charge is 0.497 e. The quantitative estimate of drug-likeness (QED) is 0.389. The summed E-state index contributed by atoms with van der Waals surface area (Å²) in [4.78, 5) is 2.62. The van der Waals surface area contributed by atoms with E-state index in [-0.39, 0.29) is 17.0 Å². The molecular weight excluding hydrogens is 524 g/mol. The Bertz CT molecular complexity index is 1400. The topological polar surface area (TPSA) is 79.3 Å². The molecule has 2 fully saturated rings. The minimum absolute atomic E-state index is 0.00626. The van der Waals surface area contributed by atoms with Gasteiger partial charge >= 0.3 is 0 Å². The Balaban J connectivity index is 1.43. The van der Waals surface area contributed by atoms with Crippen LogP contribution in [-0.2, 0) is 15.6 Å². The third kappa shape index (κ3) is 5.45. The van der Waals surface area contributed by atoms with E-state index in [9.17, 15) is 13.5 Å². The van der Waals surface area contributed by atoms with Crippen molar-refractivity contribution in [2.75, 3.05) is 31.6 Å². The molecule has 1 saturated carbocycles. The molecule has 0 aromatic heterocycles. The van der Waals surface area contributed by atoms with Gasteiger partial charge in [0.2, 0.25) is 0 Å². The zero-order chi connectivity index (χ0) is 28.3. The molecule has 1 saturated heterocycles. The molecule has 3 aromatic carbocycles. The lowest BCUT2D eigenvalue weighted by molar-refractivity contribution is -0.0852. The average Bonchev–Trinajstić information content (AvgIpc) is 2.98. The molecule has 5 rings (SSSR count). The van der Waals surface area contributed by atoms with Crippen LogP contribution in [0.15, 0.2) is 77.7 Å². The summed E-state index contributed by atoms with van der Waals surface area (Å²) in [5.74, 6) is 1.21. The number of ether oxygens (including phenoxy) is 2. The number of likely N-dealkylation sites (tertiary alicyclic amines) is 1. The monoisotopic (exact) mass is 564 g/mol. The SMILES string of the molecule is COc1ccc(S(=O)(=O)N(c2cccc(OC)c2)C2CCN([C@@H]3CCCC[C@]3(O)c3ccccc3C)CC2)cc1. The van der Waals surface area contributed by atoms with Gasteiger partial charge in [0.05, 0.1) is 24.8 Å². The number of piperidine rings is 1. The number of hydrogen-bond donors (Lipinski definition) is 1. The second kappa shape index (κ2) is 11.8. The van der Waals surface area contributed by atoms with Gasteiger partial charge in [-0.3, -0.25) is 9.21 Å². The number of aryl methyl sites for hydroxylation is 1. The van der Waals surface area contributed by atoms with Crippen LogP contribution in [0.1, 0.15) is 49.7 Å². The van der Waals surface area contributed by atoms with Crippen LogP contribution >= 0.6 is 0 Å². The van der Waals surface area contributed by atoms with Crippen LogP contribution in [0.4, 0.5) is 5.69 Å². The molecule has 0 spiro atoms. The van der Waals surface area contributed by atoms with Crippen molar-refractivity contribution in [1.29, 1.82) is 0 Å². The first-order valence-corrected chi connectivity index (χ1v) is 15.6. The summed E-state index contributed by atoms with van der Waals surface area (Å²) in [5.41, 5.74) is 1.81. The molecular formula is C32H40N2O5S. The highest BCUT2D eigenvalue weighted by Crippen LogP contribution is 2.43. The number of sulfonamides is 1. The minimum atomic E-state index is -3.86. The summed E-state index contributed by atoms with van der Waals surface area (Å²) in [5, 5.41) is 12.1. The third-order valence-electron chi connectivity index (χ3n) is 8.64. The first-order valence-electron chi connectivity index (χ1n) is 14.1. The maximum Gasteiger partial charge on any atom is 0.264 e. The molecule has 2 atom stereocenters. The molecule has 0 bridgehead atoms. The van der Waals surface area contributed by atoms with E-state index in [1.807, 2.05) is 30.3 Å². The Morgan fingerprint density at radius 2 is 1.57 bits per heavy atom. The Morgan fingerprint density at radius 3 is 2.25 bits per heavy atom. The Kier molecular flexibility index (Phi) is 8.40. The van der Waals surface area contributed by atoms with E-state index >= 15 is 0 Å². The molecule has 40 heavy (non-hydrogen) atoms. The van der Waals surface area contributed by atoms with Gasteiger partial charge in [-0.25, -0.2) is 8.42 Å². The van der Waals surface area contributed by atoms with E-state index in [0.29, 0.717) is 43.1 Å². The van der Waals surface area contributed by atoms with Crippen LogP contribution in [0.25, 0.3) is 0 Å². The molecule has 0 radical (unpaired) electrons. The van der Waals surface area contributed by atoms with E-state index in [1.54, 1.807) is 48.9 Å². The van der Waals surface area contributed by atoms with Crippen molar-refractivity contribution >= 4 is 15.7 Å². The van der Waals surface area contributed by atoms with E-state index in [2.05, 4.69) is 24.0 Å². The van der Waals surface area contributed by atoms with Gasteiger partial charge in [-0.15, -0.1) is 0 Å². The minimum Gasteiger partial charge on any atom is -0.497 e. The van der Waals surface area contributed by atoms with Gasteiger partial charge in [0, 0.05) is 31.2 Å². The second-order valence-electron chi connectivity index (χ2n) is 10.9. The van der Waals surface area contributed by atoms with Gasteiger partial charge in [-0.1, -0.05) is 43.2 Å². The smallest absolute Gasteiger partial charge is 0.264 e. The highest BCUT2D eigenvalue weighted by Gasteiger charge is 2.46. The molecule has 1 heterocycles. The maximum absolute atomic E-state index is 14.1. The summed E-state index contributed by atoms with van der Waals surface area (Å²) in [6, 6.07) is 21.7. The van der Waals surface area contributed by atoms with Crippen molar-refractivity contribution < 1.29 is 23.0 Å². The number of hydrogen-bond acceptors (Lipinski definition) is 6. The summed E-state index contributed by atoms with van der Waals surface area (Å²) in [6.45, 7) is 3.49. The number of benzene rings is 3. The predicted octanol–water partition coefficient (Wildman–Crippen LogP) is 5.50. The summed E-state index contributed by atoms with van der Waals surface area (Å²) in [7, 11) is -0.718. The third-order valence-corrected chi connectivity index (χ3v) is 10.5. The molecule has 0 amide bonds. The molecule has 1 N–H and O–H groups in total. The maximum atomic E-state index is 14.1. The van der Waals surface area contributed by atoms with Crippen LogP contribution < -0.4 is 13.8 Å². The van der Waals surface area contributed by atoms with Gasteiger partial charge in [0.25, 0.3) is 10.0 Å². The fraction of sp³-hybridized carbons (Fsp3) is 0.438. The summed E-state index contributed by atoms with van der Waals surface area (Å²) >= 11 is 0. The number of methoxy groups -OCH3 is 2. The molecule has 1 aliphatic heterocycles. The van der Waals surface area contributed by atoms with E-state index in [0.717, 1.165) is 36.8 Å². The van der Waals surface area contributed by atoms with Crippen molar-refractivity contribution in [3.63, 3.8) is 0 Å². The average molecular weight is 565 g/mol. The molecule has 2 aliphatic rings. The first kappa shape index (κ1) is 28.5. The van der Waals surface area contributed by atoms with E-state index in [4.69, 9.17) is 9.47 Å². The number of nitrogens with zero attached hydrogens (tertiary/aromatic N) is 2. The Hall–Kier alpha value is -3.07. The van der Waals surface area contributed by atoms with Crippen LogP contribution in [-0.4, -0.2) is 57.8 Å². The fourth-order valence-corrected chi connectivity index (χ4v) is 8.28. The van der Waals surface area contributed by atoms with Crippen molar-refractivity contribution in [3.05, 3.63) is 83.9 Å². The molecule has 0 unspecified atom stereocenters. The van der Waals surface area contributed by atoms with Crippen molar-refractivity contribution in [3.8, 4) is 11.5 Å². The molecule has 1 aliphatic carbocycles. The van der Waals surface area contributed by atoms with Crippen molar-refractivity contribution in [2.24, 2.45) is 0 Å². The van der Waals surface area contributed by atoms with E-state index in [1.165, 1.54) is 0 Å². The van der Waals surface area contributed by atoms with E-state index < -0.39 is 15.6 Å². The number of anilines is 1. The lowest BCUT2D eigenvalue weighted by Gasteiger charge is -2.49. The van der Waals surface area contributed by atoms with Gasteiger partial charge in [0.15, 0.2) is 0 Å². The Morgan fingerprint density at radius 1 is 0.875 bits per heavy atom. The van der Waals surface area contributed by atoms with Gasteiger partial charge < -0.3 is 14.6 Å². The van der Waals surface area contributed by atoms with Crippen LogP contribution in [0.3, 0.4) is 0 Å². The summed E-state index contributed by atoms with van der Waals surface area (Å²) < 4.78 is 40.5. The lowest BCUT2D eigenvalue weighted by atomic mass is 9.73. The fourth-order valence-electron chi connectivity index (χ4n) is 6.58. The molecule has 8 heteroatoms. The molecule has 214 valence electrons. The highest BCUT2D eigenvalue weighted by atomic mass is 32.2. The highest BCUT2D eigenvalue weighted by molar-refractivity contribution is 7.92. The standard InChI is InChI=1S/C32H40N2O5S/c1-24-9-4-5-12-30(24)32(35)20-7-6-13-31(32)33-21-18-25(19-22-33)34(26-10-8-11-28(23-26)39-3)40(36,37)29-16-14-27(38-2)15-17-29/h4-5,8-12,14-17,23,25,31,35H,6-7,13,18-22H2,1-3H3/t31-,32+/m1/s1. The molecule has 7 nitrogen and oxygen atoms in total. The van der Waals surface area contributed by atoms with Crippen LogP contribution in [0.2, 0.25) is 0 Å². The first-order chi connectivity index (χ1) is 19.3. The van der Waals surface area contributed by atoms with Gasteiger partial charge in [-0.2, -0.15) is 0 Å². The predicted molar refractivity (Wildman–Crippen MR) is 158 cm³/mol. The number of rotatable bonds is 8. The van der Waals surface area contributed by atoms with Crippen LogP contribution in [0, 0.1) is 6.92 Å².